The summed E-state index contributed by atoms with van der Waals surface area (Å²) < 4.78 is 4.83. The number of carbonyl (C=O) groups is 2. The Hall–Kier alpha value is -1.63. The summed E-state index contributed by atoms with van der Waals surface area (Å²) >= 11 is 0.910. The van der Waals surface area contributed by atoms with Gasteiger partial charge in [-0.3, -0.25) is 4.79 Å². The Balaban J connectivity index is 3.08. The van der Waals surface area contributed by atoms with Crippen LogP contribution in [-0.4, -0.2) is 34.6 Å². The summed E-state index contributed by atoms with van der Waals surface area (Å²) in [6, 6.07) is 0. The van der Waals surface area contributed by atoms with Crippen molar-refractivity contribution in [2.75, 3.05) is 7.11 Å². The second kappa shape index (κ2) is 4.70. The molecule has 17 heavy (non-hydrogen) atoms. The molecule has 0 bridgehead atoms. The molecule has 7 heteroatoms. The van der Waals surface area contributed by atoms with Crippen LogP contribution in [-0.2, 0) is 0 Å². The minimum absolute atomic E-state index is 0.0456. The third-order valence-corrected chi connectivity index (χ3v) is 2.69. The third kappa shape index (κ3) is 3.42. The van der Waals surface area contributed by atoms with E-state index in [0.717, 1.165) is 11.3 Å². The van der Waals surface area contributed by atoms with E-state index in [1.807, 2.05) is 20.8 Å². The predicted octanol–water partition coefficient (Wildman–Crippen LogP) is 1.38. The average molecular weight is 258 g/mol. The molecule has 0 unspecified atom stereocenters. The van der Waals surface area contributed by atoms with Crippen molar-refractivity contribution >= 4 is 23.2 Å². The molecule has 2 N–H and O–H groups in total. The van der Waals surface area contributed by atoms with Crippen molar-refractivity contribution in [2.24, 2.45) is 0 Å². The fraction of sp³-hybridized carbons (Fsp3) is 0.500. The quantitative estimate of drug-likeness (QED) is 0.855. The van der Waals surface area contributed by atoms with Gasteiger partial charge in [0.1, 0.15) is 4.88 Å². The maximum Gasteiger partial charge on any atom is 0.356 e. The Kier molecular flexibility index (Phi) is 3.72. The molecule has 1 amide bonds. The number of hydrogen-bond acceptors (Lipinski definition) is 5. The lowest BCUT2D eigenvalue weighted by Gasteiger charge is -2.19. The van der Waals surface area contributed by atoms with Gasteiger partial charge in [0.05, 0.1) is 7.11 Å². The zero-order valence-electron chi connectivity index (χ0n) is 10.0. The Morgan fingerprint density at radius 3 is 2.41 bits per heavy atom. The summed E-state index contributed by atoms with van der Waals surface area (Å²) in [5.74, 6) is -1.71. The highest BCUT2D eigenvalue weighted by Gasteiger charge is 2.25. The maximum atomic E-state index is 11.9. The molecule has 0 aliphatic rings. The van der Waals surface area contributed by atoms with Crippen LogP contribution in [0, 0.1) is 0 Å². The van der Waals surface area contributed by atoms with E-state index in [4.69, 9.17) is 9.84 Å². The molecule has 1 rings (SSSR count). The van der Waals surface area contributed by atoms with E-state index in [1.165, 1.54) is 7.11 Å². The number of hydrogen-bond donors (Lipinski definition) is 2. The molecule has 0 aliphatic heterocycles. The highest BCUT2D eigenvalue weighted by Crippen LogP contribution is 2.25. The van der Waals surface area contributed by atoms with Gasteiger partial charge in [0.25, 0.3) is 11.1 Å². The molecule has 1 aromatic heterocycles. The number of ether oxygens (including phenoxy) is 1. The van der Waals surface area contributed by atoms with Crippen LogP contribution in [0.5, 0.6) is 5.19 Å². The summed E-state index contributed by atoms with van der Waals surface area (Å²) in [6.45, 7) is 5.43. The fourth-order valence-electron chi connectivity index (χ4n) is 1.08. The second-order valence-electron chi connectivity index (χ2n) is 4.37. The highest BCUT2D eigenvalue weighted by molar-refractivity contribution is 7.15. The van der Waals surface area contributed by atoms with Crippen LogP contribution in [0.2, 0.25) is 0 Å². The summed E-state index contributed by atoms with van der Waals surface area (Å²) in [6.07, 6.45) is 0. The molecular weight excluding hydrogens is 244 g/mol. The maximum absolute atomic E-state index is 11.9. The molecule has 0 saturated heterocycles. The summed E-state index contributed by atoms with van der Waals surface area (Å²) in [5, 5.41) is 11.8. The number of thiazole rings is 1. The Morgan fingerprint density at radius 1 is 1.41 bits per heavy atom. The van der Waals surface area contributed by atoms with E-state index >= 15 is 0 Å². The van der Waals surface area contributed by atoms with Crippen molar-refractivity contribution in [2.45, 2.75) is 26.3 Å². The largest absolute Gasteiger partial charge is 0.476 e. The molecule has 0 aliphatic carbocycles. The number of methoxy groups -OCH3 is 1. The molecule has 0 atom stereocenters. The van der Waals surface area contributed by atoms with Gasteiger partial charge in [-0.2, -0.15) is 4.98 Å². The number of nitrogens with zero attached hydrogens (tertiary/aromatic N) is 1. The highest BCUT2D eigenvalue weighted by atomic mass is 32.1. The lowest BCUT2D eigenvalue weighted by Crippen LogP contribution is -2.40. The first-order valence-corrected chi connectivity index (χ1v) is 5.67. The second-order valence-corrected chi connectivity index (χ2v) is 5.33. The van der Waals surface area contributed by atoms with Crippen LogP contribution in [0.4, 0.5) is 0 Å². The average Bonchev–Trinajstić information content (AvgIpc) is 2.58. The number of rotatable bonds is 3. The number of carboxylic acids is 1. The Morgan fingerprint density at radius 2 is 2.00 bits per heavy atom. The van der Waals surface area contributed by atoms with E-state index in [-0.39, 0.29) is 15.8 Å². The predicted molar refractivity (Wildman–Crippen MR) is 62.8 cm³/mol. The van der Waals surface area contributed by atoms with Gasteiger partial charge in [0.2, 0.25) is 0 Å². The number of nitrogens with one attached hydrogen (secondary N) is 1. The molecule has 0 spiro atoms. The lowest BCUT2D eigenvalue weighted by atomic mass is 10.1. The SMILES string of the molecule is COc1nc(C(=O)O)c(C(=O)NC(C)(C)C)s1. The van der Waals surface area contributed by atoms with Gasteiger partial charge in [0.15, 0.2) is 5.69 Å². The van der Waals surface area contributed by atoms with Crippen molar-refractivity contribution in [3.63, 3.8) is 0 Å². The van der Waals surface area contributed by atoms with E-state index in [0.29, 0.717) is 0 Å². The van der Waals surface area contributed by atoms with Crippen molar-refractivity contribution in [3.8, 4) is 5.19 Å². The van der Waals surface area contributed by atoms with E-state index in [1.54, 1.807) is 0 Å². The van der Waals surface area contributed by atoms with E-state index in [2.05, 4.69) is 10.3 Å². The molecule has 0 fully saturated rings. The van der Waals surface area contributed by atoms with Crippen LogP contribution in [0.15, 0.2) is 0 Å². The van der Waals surface area contributed by atoms with Crippen molar-refractivity contribution < 1.29 is 19.4 Å². The van der Waals surface area contributed by atoms with E-state index < -0.39 is 17.4 Å². The first-order chi connectivity index (χ1) is 7.74. The third-order valence-electron chi connectivity index (χ3n) is 1.68. The number of aromatic nitrogens is 1. The number of carboxylic acid groups (broad SMARTS) is 1. The molecule has 0 radical (unpaired) electrons. The lowest BCUT2D eigenvalue weighted by molar-refractivity contribution is 0.0684. The Bertz CT molecular complexity index is 448. The number of aromatic carboxylic acids is 1. The zero-order valence-corrected chi connectivity index (χ0v) is 10.8. The van der Waals surface area contributed by atoms with Gasteiger partial charge in [0, 0.05) is 5.54 Å². The van der Waals surface area contributed by atoms with Crippen molar-refractivity contribution in [1.29, 1.82) is 0 Å². The van der Waals surface area contributed by atoms with Crippen molar-refractivity contribution in [3.05, 3.63) is 10.6 Å². The summed E-state index contributed by atoms with van der Waals surface area (Å²) in [4.78, 5) is 26.5. The molecule has 1 heterocycles. The zero-order chi connectivity index (χ0) is 13.2. The monoisotopic (exact) mass is 258 g/mol. The molecule has 94 valence electrons. The molecule has 0 saturated carbocycles. The van der Waals surface area contributed by atoms with Gasteiger partial charge < -0.3 is 15.2 Å². The van der Waals surface area contributed by atoms with E-state index in [9.17, 15) is 9.59 Å². The van der Waals surface area contributed by atoms with Crippen LogP contribution < -0.4 is 10.1 Å². The van der Waals surface area contributed by atoms with Crippen LogP contribution >= 0.6 is 11.3 Å². The number of carbonyl (C=O) groups excluding carboxylic acids is 1. The van der Waals surface area contributed by atoms with Crippen LogP contribution in [0.25, 0.3) is 0 Å². The van der Waals surface area contributed by atoms with Gasteiger partial charge in [-0.25, -0.2) is 4.79 Å². The summed E-state index contributed by atoms with van der Waals surface area (Å²) in [5.41, 5.74) is -0.724. The van der Waals surface area contributed by atoms with Crippen molar-refractivity contribution in [1.82, 2.24) is 10.3 Å². The topological polar surface area (TPSA) is 88.5 Å². The smallest absolute Gasteiger partial charge is 0.356 e. The van der Waals surface area contributed by atoms with Gasteiger partial charge in [-0.1, -0.05) is 11.3 Å². The first kappa shape index (κ1) is 13.4. The van der Waals surface area contributed by atoms with Gasteiger partial charge in [-0.05, 0) is 20.8 Å². The van der Waals surface area contributed by atoms with Gasteiger partial charge >= 0.3 is 5.97 Å². The van der Waals surface area contributed by atoms with Crippen LogP contribution in [0.1, 0.15) is 40.9 Å². The normalized spacial score (nSPS) is 11.1. The molecule has 6 nitrogen and oxygen atoms in total. The molecule has 1 aromatic rings. The molecule has 0 aromatic carbocycles. The minimum atomic E-state index is -1.25. The Labute approximate surface area is 103 Å². The van der Waals surface area contributed by atoms with Crippen LogP contribution in [0.3, 0.4) is 0 Å². The summed E-state index contributed by atoms with van der Waals surface area (Å²) in [7, 11) is 1.37. The standard InChI is InChI=1S/C10H14N2O4S/c1-10(2,3)12-7(13)6-5(8(14)15)11-9(16-4)17-6/h1-4H3,(H,12,13)(H,14,15). The number of amides is 1. The minimum Gasteiger partial charge on any atom is -0.476 e. The molecular formula is C10H14N2O4S. The van der Waals surface area contributed by atoms with Gasteiger partial charge in [-0.15, -0.1) is 0 Å². The first-order valence-electron chi connectivity index (χ1n) is 4.85. The fourth-order valence-corrected chi connectivity index (χ4v) is 1.85.